The number of hydrogen-bond acceptors (Lipinski definition) is 2. The lowest BCUT2D eigenvalue weighted by atomic mass is 10.3. The standard InChI is InChI=1S/C13H16Cl2N2O2/c1-17(13(19)3-2-8-14)9-12(18)16-11-6-4-10(15)5-7-11/h4-7H,2-3,8-9H2,1H3,(H,16,18). The van der Waals surface area contributed by atoms with Crippen molar-refractivity contribution in [2.24, 2.45) is 0 Å². The molecule has 1 aromatic rings. The summed E-state index contributed by atoms with van der Waals surface area (Å²) in [5, 5.41) is 3.30. The first-order valence-corrected chi connectivity index (χ1v) is 6.79. The zero-order valence-corrected chi connectivity index (χ0v) is 12.2. The number of alkyl halides is 1. The van der Waals surface area contributed by atoms with E-state index in [1.807, 2.05) is 0 Å². The predicted octanol–water partition coefficient (Wildman–Crippen LogP) is 2.76. The number of carbonyl (C=O) groups excluding carboxylic acids is 2. The van der Waals surface area contributed by atoms with Gasteiger partial charge in [0, 0.05) is 30.1 Å². The van der Waals surface area contributed by atoms with E-state index in [0.717, 1.165) is 0 Å². The minimum atomic E-state index is -0.246. The van der Waals surface area contributed by atoms with Crippen LogP contribution in [0.3, 0.4) is 0 Å². The quantitative estimate of drug-likeness (QED) is 0.822. The summed E-state index contributed by atoms with van der Waals surface area (Å²) in [5.41, 5.74) is 0.649. The van der Waals surface area contributed by atoms with Gasteiger partial charge in [-0.25, -0.2) is 0 Å². The molecule has 0 spiro atoms. The van der Waals surface area contributed by atoms with Crippen LogP contribution in [0.4, 0.5) is 5.69 Å². The Morgan fingerprint density at radius 2 is 1.89 bits per heavy atom. The van der Waals surface area contributed by atoms with Crippen molar-refractivity contribution in [3.05, 3.63) is 29.3 Å². The number of nitrogens with zero attached hydrogens (tertiary/aromatic N) is 1. The summed E-state index contributed by atoms with van der Waals surface area (Å²) in [6.45, 7) is 0.0176. The van der Waals surface area contributed by atoms with Crippen LogP contribution in [0.15, 0.2) is 24.3 Å². The molecule has 1 aromatic carbocycles. The van der Waals surface area contributed by atoms with Gasteiger partial charge in [-0.05, 0) is 30.7 Å². The van der Waals surface area contributed by atoms with Crippen LogP contribution in [0.1, 0.15) is 12.8 Å². The van der Waals surface area contributed by atoms with Gasteiger partial charge in [-0.1, -0.05) is 11.6 Å². The SMILES string of the molecule is CN(CC(=O)Nc1ccc(Cl)cc1)C(=O)CCCCl. The van der Waals surface area contributed by atoms with Gasteiger partial charge in [-0.3, -0.25) is 9.59 Å². The average molecular weight is 303 g/mol. The van der Waals surface area contributed by atoms with E-state index in [4.69, 9.17) is 23.2 Å². The van der Waals surface area contributed by atoms with Gasteiger partial charge in [0.2, 0.25) is 11.8 Å². The summed E-state index contributed by atoms with van der Waals surface area (Å²) in [6.07, 6.45) is 0.970. The Labute approximate surface area is 122 Å². The van der Waals surface area contributed by atoms with Crippen molar-refractivity contribution >= 4 is 40.7 Å². The molecule has 0 radical (unpaired) electrons. The molecule has 0 aliphatic carbocycles. The fraction of sp³-hybridized carbons (Fsp3) is 0.385. The zero-order chi connectivity index (χ0) is 14.3. The average Bonchev–Trinajstić information content (AvgIpc) is 2.38. The van der Waals surface area contributed by atoms with Gasteiger partial charge in [-0.15, -0.1) is 11.6 Å². The Balaban J connectivity index is 2.42. The number of carbonyl (C=O) groups is 2. The van der Waals surface area contributed by atoms with E-state index in [9.17, 15) is 9.59 Å². The van der Waals surface area contributed by atoms with Crippen molar-refractivity contribution < 1.29 is 9.59 Å². The molecule has 0 saturated carbocycles. The van der Waals surface area contributed by atoms with Gasteiger partial charge in [0.15, 0.2) is 0 Å². The number of rotatable bonds is 6. The van der Waals surface area contributed by atoms with Crippen molar-refractivity contribution in [2.45, 2.75) is 12.8 Å². The van der Waals surface area contributed by atoms with E-state index in [1.54, 1.807) is 31.3 Å². The van der Waals surface area contributed by atoms with Crippen molar-refractivity contribution in [2.75, 3.05) is 24.8 Å². The number of benzene rings is 1. The van der Waals surface area contributed by atoms with E-state index < -0.39 is 0 Å². The number of halogens is 2. The Kier molecular flexibility index (Phi) is 6.67. The van der Waals surface area contributed by atoms with E-state index in [0.29, 0.717) is 29.4 Å². The Hall–Kier alpha value is -1.26. The second-order valence-electron chi connectivity index (χ2n) is 4.10. The van der Waals surface area contributed by atoms with Crippen LogP contribution in [-0.2, 0) is 9.59 Å². The lowest BCUT2D eigenvalue weighted by Crippen LogP contribution is -2.34. The number of likely N-dealkylation sites (N-methyl/N-ethyl adjacent to an activating group) is 1. The van der Waals surface area contributed by atoms with Crippen molar-refractivity contribution in [3.8, 4) is 0 Å². The summed E-state index contributed by atoms with van der Waals surface area (Å²) >= 11 is 11.3. The highest BCUT2D eigenvalue weighted by molar-refractivity contribution is 6.30. The van der Waals surface area contributed by atoms with Crippen LogP contribution in [0.5, 0.6) is 0 Å². The molecule has 2 amide bonds. The van der Waals surface area contributed by atoms with Gasteiger partial charge < -0.3 is 10.2 Å². The molecule has 19 heavy (non-hydrogen) atoms. The van der Waals surface area contributed by atoms with Gasteiger partial charge in [-0.2, -0.15) is 0 Å². The molecular weight excluding hydrogens is 287 g/mol. The highest BCUT2D eigenvalue weighted by Crippen LogP contribution is 2.13. The van der Waals surface area contributed by atoms with Crippen molar-refractivity contribution in [3.63, 3.8) is 0 Å². The Bertz CT molecular complexity index is 435. The third-order valence-electron chi connectivity index (χ3n) is 2.46. The van der Waals surface area contributed by atoms with Gasteiger partial charge in [0.05, 0.1) is 6.54 Å². The largest absolute Gasteiger partial charge is 0.336 e. The van der Waals surface area contributed by atoms with E-state index in [2.05, 4.69) is 5.32 Å². The third kappa shape index (κ3) is 5.94. The lowest BCUT2D eigenvalue weighted by Gasteiger charge is -2.16. The molecule has 4 nitrogen and oxygen atoms in total. The highest BCUT2D eigenvalue weighted by atomic mass is 35.5. The van der Waals surface area contributed by atoms with Crippen molar-refractivity contribution in [1.82, 2.24) is 4.90 Å². The van der Waals surface area contributed by atoms with Crippen LogP contribution in [-0.4, -0.2) is 36.2 Å². The minimum Gasteiger partial charge on any atom is -0.336 e. The molecule has 0 bridgehead atoms. The zero-order valence-electron chi connectivity index (χ0n) is 10.7. The first-order chi connectivity index (χ1) is 9.02. The molecule has 0 heterocycles. The van der Waals surface area contributed by atoms with Gasteiger partial charge in [0.1, 0.15) is 0 Å². The second kappa shape index (κ2) is 8.02. The summed E-state index contributed by atoms with van der Waals surface area (Å²) in [4.78, 5) is 24.7. The van der Waals surface area contributed by atoms with Crippen LogP contribution < -0.4 is 5.32 Å². The number of hydrogen-bond donors (Lipinski definition) is 1. The maximum absolute atomic E-state index is 11.7. The molecule has 0 aliphatic rings. The lowest BCUT2D eigenvalue weighted by molar-refractivity contribution is -0.133. The normalized spacial score (nSPS) is 10.1. The summed E-state index contributed by atoms with van der Waals surface area (Å²) < 4.78 is 0. The summed E-state index contributed by atoms with van der Waals surface area (Å²) in [5.74, 6) is 0.104. The Morgan fingerprint density at radius 1 is 1.26 bits per heavy atom. The molecule has 0 saturated heterocycles. The molecule has 1 N–H and O–H groups in total. The number of amides is 2. The molecule has 104 valence electrons. The van der Waals surface area contributed by atoms with E-state index in [1.165, 1.54) is 4.90 Å². The Morgan fingerprint density at radius 3 is 2.47 bits per heavy atom. The molecule has 0 aromatic heterocycles. The fourth-order valence-electron chi connectivity index (χ4n) is 1.45. The molecule has 0 atom stereocenters. The molecule has 0 fully saturated rings. The summed E-state index contributed by atoms with van der Waals surface area (Å²) in [7, 11) is 1.60. The third-order valence-corrected chi connectivity index (χ3v) is 2.98. The van der Waals surface area contributed by atoms with Crippen LogP contribution >= 0.6 is 23.2 Å². The maximum Gasteiger partial charge on any atom is 0.243 e. The first kappa shape index (κ1) is 15.8. The molecule has 0 unspecified atom stereocenters. The minimum absolute atomic E-state index is 0.0176. The maximum atomic E-state index is 11.7. The van der Waals surface area contributed by atoms with Gasteiger partial charge >= 0.3 is 0 Å². The molecular formula is C13H16Cl2N2O2. The summed E-state index contributed by atoms with van der Waals surface area (Å²) in [6, 6.07) is 6.78. The topological polar surface area (TPSA) is 49.4 Å². The predicted molar refractivity (Wildman–Crippen MR) is 77.7 cm³/mol. The molecule has 1 rings (SSSR count). The van der Waals surface area contributed by atoms with E-state index in [-0.39, 0.29) is 18.4 Å². The smallest absolute Gasteiger partial charge is 0.243 e. The van der Waals surface area contributed by atoms with Crippen LogP contribution in [0.25, 0.3) is 0 Å². The monoisotopic (exact) mass is 302 g/mol. The van der Waals surface area contributed by atoms with Gasteiger partial charge in [0.25, 0.3) is 0 Å². The fourth-order valence-corrected chi connectivity index (χ4v) is 1.71. The van der Waals surface area contributed by atoms with E-state index >= 15 is 0 Å². The van der Waals surface area contributed by atoms with Crippen molar-refractivity contribution in [1.29, 1.82) is 0 Å². The highest BCUT2D eigenvalue weighted by Gasteiger charge is 2.12. The second-order valence-corrected chi connectivity index (χ2v) is 4.91. The first-order valence-electron chi connectivity index (χ1n) is 5.88. The van der Waals surface area contributed by atoms with Crippen LogP contribution in [0.2, 0.25) is 5.02 Å². The van der Waals surface area contributed by atoms with Crippen LogP contribution in [0, 0.1) is 0 Å². The molecule has 0 aliphatic heterocycles. The number of anilines is 1. The molecule has 6 heteroatoms. The number of nitrogens with one attached hydrogen (secondary N) is 1.